The minimum Gasteiger partial charge on any atom is -0.466 e. The zero-order chi connectivity index (χ0) is 14.8. The fourth-order valence-electron chi connectivity index (χ4n) is 4.02. The Hall–Kier alpha value is -1.05. The van der Waals surface area contributed by atoms with E-state index in [0.29, 0.717) is 18.4 Å². The molecule has 1 aliphatic rings. The minimum absolute atomic E-state index is 0.0580. The maximum absolute atomic E-state index is 11.0. The van der Waals surface area contributed by atoms with E-state index >= 15 is 0 Å². The lowest BCUT2D eigenvalue weighted by atomic mass is 9.51. The second-order valence-corrected chi connectivity index (χ2v) is 6.85. The Morgan fingerprint density at radius 2 is 1.95 bits per heavy atom. The van der Waals surface area contributed by atoms with Crippen molar-refractivity contribution in [1.29, 1.82) is 0 Å². The molecule has 1 aliphatic carbocycles. The van der Waals surface area contributed by atoms with Gasteiger partial charge < -0.3 is 4.74 Å². The maximum Gasteiger partial charge on any atom is 0.302 e. The Morgan fingerprint density at radius 1 is 1.37 bits per heavy atom. The number of esters is 1. The molecule has 1 saturated carbocycles. The average Bonchev–Trinajstić information content (AvgIpc) is 2.26. The monoisotopic (exact) mass is 264 g/mol. The number of hydrogen-bond donors (Lipinski definition) is 0. The van der Waals surface area contributed by atoms with E-state index < -0.39 is 0 Å². The third-order valence-electron chi connectivity index (χ3n) is 4.93. The number of rotatable bonds is 4. The van der Waals surface area contributed by atoms with E-state index in [4.69, 9.17) is 4.74 Å². The highest BCUT2D eigenvalue weighted by Gasteiger charge is 2.50. The van der Waals surface area contributed by atoms with E-state index in [2.05, 4.69) is 46.9 Å². The number of carbonyl (C=O) groups is 1. The van der Waals surface area contributed by atoms with Gasteiger partial charge in [0.05, 0.1) is 6.61 Å². The fraction of sp³-hybridized carbons (Fsp3) is 0.706. The van der Waals surface area contributed by atoms with Crippen molar-refractivity contribution < 1.29 is 9.53 Å². The van der Waals surface area contributed by atoms with Gasteiger partial charge in [0, 0.05) is 6.92 Å². The first kappa shape index (κ1) is 16.0. The van der Waals surface area contributed by atoms with Crippen molar-refractivity contribution in [3.63, 3.8) is 0 Å². The van der Waals surface area contributed by atoms with Crippen LogP contribution in [0.1, 0.15) is 47.5 Å². The summed E-state index contributed by atoms with van der Waals surface area (Å²) in [6.07, 6.45) is 4.21. The van der Waals surface area contributed by atoms with Crippen LogP contribution in [0.4, 0.5) is 0 Å². The number of ether oxygens (including phenoxy) is 1. The molecule has 0 saturated heterocycles. The molecule has 2 nitrogen and oxygen atoms in total. The minimum atomic E-state index is -0.195. The van der Waals surface area contributed by atoms with Crippen LogP contribution in [0, 0.1) is 22.7 Å². The van der Waals surface area contributed by atoms with Crippen molar-refractivity contribution in [2.45, 2.75) is 47.5 Å². The van der Waals surface area contributed by atoms with Crippen molar-refractivity contribution in [2.24, 2.45) is 22.7 Å². The molecule has 19 heavy (non-hydrogen) atoms. The number of allylic oxidation sites excluding steroid dienone is 2. The quantitative estimate of drug-likeness (QED) is 0.556. The first-order valence-electron chi connectivity index (χ1n) is 7.07. The van der Waals surface area contributed by atoms with Gasteiger partial charge in [0.2, 0.25) is 0 Å². The molecular weight excluding hydrogens is 236 g/mol. The lowest BCUT2D eigenvalue weighted by Gasteiger charge is -2.54. The van der Waals surface area contributed by atoms with Gasteiger partial charge in [-0.05, 0) is 42.4 Å². The summed E-state index contributed by atoms with van der Waals surface area (Å²) >= 11 is 0. The van der Waals surface area contributed by atoms with Crippen molar-refractivity contribution in [3.05, 3.63) is 24.8 Å². The smallest absolute Gasteiger partial charge is 0.302 e. The molecule has 0 aromatic rings. The van der Waals surface area contributed by atoms with Gasteiger partial charge in [0.25, 0.3) is 0 Å². The van der Waals surface area contributed by atoms with E-state index in [0.717, 1.165) is 12.8 Å². The molecule has 108 valence electrons. The molecule has 0 bridgehead atoms. The summed E-state index contributed by atoms with van der Waals surface area (Å²) in [5.74, 6) is 0.553. The molecule has 0 N–H and O–H groups in total. The van der Waals surface area contributed by atoms with Gasteiger partial charge in [0.1, 0.15) is 0 Å². The van der Waals surface area contributed by atoms with Gasteiger partial charge in [-0.3, -0.25) is 4.79 Å². The van der Waals surface area contributed by atoms with Gasteiger partial charge in [-0.15, -0.1) is 6.58 Å². The topological polar surface area (TPSA) is 26.3 Å². The molecular formula is C17H28O2. The Kier molecular flexibility index (Phi) is 4.65. The van der Waals surface area contributed by atoms with E-state index in [1.54, 1.807) is 0 Å². The molecule has 1 rings (SSSR count). The van der Waals surface area contributed by atoms with Crippen molar-refractivity contribution in [3.8, 4) is 0 Å². The predicted molar refractivity (Wildman–Crippen MR) is 79.7 cm³/mol. The van der Waals surface area contributed by atoms with Crippen LogP contribution in [-0.4, -0.2) is 12.6 Å². The van der Waals surface area contributed by atoms with Crippen molar-refractivity contribution >= 4 is 5.97 Å². The molecule has 0 radical (unpaired) electrons. The van der Waals surface area contributed by atoms with E-state index in [-0.39, 0.29) is 16.8 Å². The first-order chi connectivity index (χ1) is 8.65. The van der Waals surface area contributed by atoms with Gasteiger partial charge in [-0.1, -0.05) is 39.0 Å². The summed E-state index contributed by atoms with van der Waals surface area (Å²) in [6.45, 7) is 19.1. The van der Waals surface area contributed by atoms with E-state index in [1.165, 1.54) is 12.5 Å². The normalized spacial score (nSPS) is 33.5. The van der Waals surface area contributed by atoms with Gasteiger partial charge in [-0.2, -0.15) is 0 Å². The molecule has 0 spiro atoms. The Morgan fingerprint density at radius 3 is 2.37 bits per heavy atom. The molecule has 0 heterocycles. The van der Waals surface area contributed by atoms with Crippen LogP contribution < -0.4 is 0 Å². The molecule has 0 amide bonds. The third-order valence-corrected chi connectivity index (χ3v) is 4.93. The zero-order valence-corrected chi connectivity index (χ0v) is 13.1. The van der Waals surface area contributed by atoms with Crippen LogP contribution in [0.3, 0.4) is 0 Å². The van der Waals surface area contributed by atoms with E-state index in [9.17, 15) is 4.79 Å². The Labute approximate surface area is 117 Å². The molecule has 0 aliphatic heterocycles. The fourth-order valence-corrected chi connectivity index (χ4v) is 4.02. The molecule has 3 unspecified atom stereocenters. The van der Waals surface area contributed by atoms with Crippen molar-refractivity contribution in [2.75, 3.05) is 6.61 Å². The molecule has 1 fully saturated rings. The lowest BCUT2D eigenvalue weighted by molar-refractivity contribution is -0.145. The van der Waals surface area contributed by atoms with E-state index in [1.807, 2.05) is 0 Å². The summed E-state index contributed by atoms with van der Waals surface area (Å²) in [7, 11) is 0. The van der Waals surface area contributed by atoms with Crippen LogP contribution in [0.15, 0.2) is 24.8 Å². The van der Waals surface area contributed by atoms with Crippen LogP contribution in [0.5, 0.6) is 0 Å². The van der Waals surface area contributed by atoms with Gasteiger partial charge in [-0.25, -0.2) is 0 Å². The second-order valence-electron chi connectivity index (χ2n) is 6.85. The second kappa shape index (κ2) is 5.52. The standard InChI is InChI=1S/C17H28O2/c1-8-17(7)10-9-14(11-19-13(4)18)16(5,6)15(17)12(2)3/h8,14-15H,1-2,9-11H2,3-7H3. The highest BCUT2D eigenvalue weighted by atomic mass is 16.5. The Bertz CT molecular complexity index is 381. The molecule has 2 heteroatoms. The highest BCUT2D eigenvalue weighted by molar-refractivity contribution is 5.65. The van der Waals surface area contributed by atoms with Crippen LogP contribution in [0.2, 0.25) is 0 Å². The third kappa shape index (κ3) is 3.10. The zero-order valence-electron chi connectivity index (χ0n) is 13.1. The van der Waals surface area contributed by atoms with Gasteiger partial charge >= 0.3 is 5.97 Å². The molecule has 0 aromatic carbocycles. The summed E-state index contributed by atoms with van der Waals surface area (Å²) in [6, 6.07) is 0. The molecule has 3 atom stereocenters. The lowest BCUT2D eigenvalue weighted by Crippen LogP contribution is -2.48. The summed E-state index contributed by atoms with van der Waals surface area (Å²) in [5, 5.41) is 0. The number of hydrogen-bond acceptors (Lipinski definition) is 2. The molecule has 0 aromatic heterocycles. The summed E-state index contributed by atoms with van der Waals surface area (Å²) in [4.78, 5) is 11.0. The largest absolute Gasteiger partial charge is 0.466 e. The SMILES string of the molecule is C=CC1(C)CCC(COC(C)=O)C(C)(C)C1C(=C)C. The highest BCUT2D eigenvalue weighted by Crippen LogP contribution is 2.56. The predicted octanol–water partition coefficient (Wildman–Crippen LogP) is 4.37. The first-order valence-corrected chi connectivity index (χ1v) is 7.07. The maximum atomic E-state index is 11.0. The van der Waals surface area contributed by atoms with Crippen LogP contribution in [0.25, 0.3) is 0 Å². The van der Waals surface area contributed by atoms with Crippen LogP contribution in [-0.2, 0) is 9.53 Å². The number of carbonyl (C=O) groups excluding carboxylic acids is 1. The van der Waals surface area contributed by atoms with Gasteiger partial charge in [0.15, 0.2) is 0 Å². The Balaban J connectivity index is 3.02. The average molecular weight is 264 g/mol. The van der Waals surface area contributed by atoms with Crippen molar-refractivity contribution in [1.82, 2.24) is 0 Å². The summed E-state index contributed by atoms with van der Waals surface area (Å²) in [5.41, 5.74) is 1.34. The van der Waals surface area contributed by atoms with Crippen LogP contribution >= 0.6 is 0 Å². The summed E-state index contributed by atoms with van der Waals surface area (Å²) < 4.78 is 5.25.